The van der Waals surface area contributed by atoms with Crippen LogP contribution < -0.4 is 5.32 Å². The van der Waals surface area contributed by atoms with Crippen LogP contribution in [0.2, 0.25) is 5.02 Å². The van der Waals surface area contributed by atoms with Crippen molar-refractivity contribution in [1.82, 2.24) is 15.1 Å². The molecule has 5 heteroatoms. The summed E-state index contributed by atoms with van der Waals surface area (Å²) in [5.41, 5.74) is 3.26. The minimum atomic E-state index is 0.0104. The highest BCUT2D eigenvalue weighted by Gasteiger charge is 2.07. The summed E-state index contributed by atoms with van der Waals surface area (Å²) in [7, 11) is 0. The van der Waals surface area contributed by atoms with Gasteiger partial charge in [0.2, 0.25) is 5.91 Å². The number of rotatable bonds is 5. The monoisotopic (exact) mass is 327 g/mol. The lowest BCUT2D eigenvalue weighted by Gasteiger charge is -2.07. The number of benzene rings is 2. The Morgan fingerprint density at radius 1 is 1.22 bits per heavy atom. The number of aromatic nitrogens is 2. The molecule has 0 aliphatic carbocycles. The molecule has 1 aromatic heterocycles. The van der Waals surface area contributed by atoms with Gasteiger partial charge in [0, 0.05) is 18.4 Å². The van der Waals surface area contributed by atoms with Crippen molar-refractivity contribution < 1.29 is 4.79 Å². The molecule has 0 atom stereocenters. The number of halogens is 1. The molecule has 23 heavy (non-hydrogen) atoms. The van der Waals surface area contributed by atoms with E-state index in [1.807, 2.05) is 54.1 Å². The first-order chi connectivity index (χ1) is 11.1. The molecule has 0 aliphatic rings. The molecule has 1 heterocycles. The van der Waals surface area contributed by atoms with Crippen LogP contribution in [-0.4, -0.2) is 15.7 Å². The number of carbonyl (C=O) groups is 1. The Morgan fingerprint density at radius 2 is 2.00 bits per heavy atom. The zero-order chi connectivity index (χ0) is 16.2. The first-order valence-corrected chi connectivity index (χ1v) is 7.93. The van der Waals surface area contributed by atoms with E-state index in [2.05, 4.69) is 10.4 Å². The summed E-state index contributed by atoms with van der Waals surface area (Å²) in [5.74, 6) is 0.0104. The summed E-state index contributed by atoms with van der Waals surface area (Å²) < 4.78 is 1.81. The van der Waals surface area contributed by atoms with Gasteiger partial charge in [-0.2, -0.15) is 5.10 Å². The van der Waals surface area contributed by atoms with Crippen LogP contribution in [0.4, 0.5) is 0 Å². The Morgan fingerprint density at radius 3 is 2.78 bits per heavy atom. The highest BCUT2D eigenvalue weighted by Crippen LogP contribution is 2.22. The molecule has 3 aromatic rings. The van der Waals surface area contributed by atoms with Crippen molar-refractivity contribution in [2.45, 2.75) is 26.4 Å². The number of aryl methyl sites for hydroxylation is 2. The molecule has 0 aliphatic heterocycles. The van der Waals surface area contributed by atoms with Gasteiger partial charge in [0.05, 0.1) is 23.3 Å². The van der Waals surface area contributed by atoms with Crippen molar-refractivity contribution in [3.05, 3.63) is 64.8 Å². The molecule has 0 fully saturated rings. The lowest BCUT2D eigenvalue weighted by Crippen LogP contribution is -2.24. The van der Waals surface area contributed by atoms with Crippen molar-refractivity contribution >= 4 is 28.4 Å². The van der Waals surface area contributed by atoms with Gasteiger partial charge in [0.25, 0.3) is 0 Å². The topological polar surface area (TPSA) is 46.9 Å². The van der Waals surface area contributed by atoms with Gasteiger partial charge in [0.1, 0.15) is 0 Å². The number of hydrogen-bond donors (Lipinski definition) is 1. The van der Waals surface area contributed by atoms with E-state index < -0.39 is 0 Å². The Bertz CT molecular complexity index is 824. The quantitative estimate of drug-likeness (QED) is 0.776. The van der Waals surface area contributed by atoms with Gasteiger partial charge in [-0.15, -0.1) is 0 Å². The summed E-state index contributed by atoms with van der Waals surface area (Å²) in [4.78, 5) is 12.0. The van der Waals surface area contributed by atoms with Gasteiger partial charge in [-0.05, 0) is 24.6 Å². The first-order valence-electron chi connectivity index (χ1n) is 7.56. The Balaban J connectivity index is 1.56. The predicted molar refractivity (Wildman–Crippen MR) is 92.4 cm³/mol. The molecule has 0 saturated heterocycles. The third-order valence-corrected chi connectivity index (χ3v) is 4.12. The fourth-order valence-electron chi connectivity index (χ4n) is 2.45. The van der Waals surface area contributed by atoms with Crippen molar-refractivity contribution in [2.24, 2.45) is 0 Å². The predicted octanol–water partition coefficient (Wildman–Crippen LogP) is 3.70. The van der Waals surface area contributed by atoms with E-state index in [0.717, 1.165) is 16.5 Å². The summed E-state index contributed by atoms with van der Waals surface area (Å²) in [5, 5.41) is 8.83. The van der Waals surface area contributed by atoms with Crippen LogP contribution in [0.1, 0.15) is 17.5 Å². The average molecular weight is 328 g/mol. The van der Waals surface area contributed by atoms with E-state index in [0.29, 0.717) is 24.5 Å². The molecule has 3 rings (SSSR count). The van der Waals surface area contributed by atoms with Crippen molar-refractivity contribution in [3.63, 3.8) is 0 Å². The van der Waals surface area contributed by atoms with Gasteiger partial charge >= 0.3 is 0 Å². The molecular formula is C18H18ClN3O. The highest BCUT2D eigenvalue weighted by atomic mass is 35.5. The second-order valence-electron chi connectivity index (χ2n) is 5.55. The van der Waals surface area contributed by atoms with Crippen LogP contribution in [0.5, 0.6) is 0 Å². The molecule has 0 bridgehead atoms. The van der Waals surface area contributed by atoms with E-state index in [-0.39, 0.29) is 5.91 Å². The Labute approximate surface area is 140 Å². The maximum absolute atomic E-state index is 12.0. The Kier molecular flexibility index (Phi) is 4.63. The number of carbonyl (C=O) groups excluding carboxylic acids is 1. The Hall–Kier alpha value is -2.33. The van der Waals surface area contributed by atoms with Crippen LogP contribution in [0.3, 0.4) is 0 Å². The molecule has 2 aromatic carbocycles. The van der Waals surface area contributed by atoms with Gasteiger partial charge < -0.3 is 5.32 Å². The van der Waals surface area contributed by atoms with Crippen LogP contribution in [0.15, 0.2) is 48.7 Å². The zero-order valence-corrected chi connectivity index (χ0v) is 13.7. The van der Waals surface area contributed by atoms with E-state index in [4.69, 9.17) is 11.6 Å². The number of hydrogen-bond acceptors (Lipinski definition) is 2. The molecule has 0 spiro atoms. The second-order valence-corrected chi connectivity index (χ2v) is 5.96. The smallest absolute Gasteiger partial charge is 0.222 e. The normalized spacial score (nSPS) is 10.9. The number of nitrogens with zero attached hydrogens (tertiary/aromatic N) is 2. The highest BCUT2D eigenvalue weighted by molar-refractivity contribution is 6.35. The van der Waals surface area contributed by atoms with Gasteiger partial charge in [-0.25, -0.2) is 0 Å². The van der Waals surface area contributed by atoms with Gasteiger partial charge in [-0.3, -0.25) is 9.48 Å². The SMILES string of the molecule is Cc1ccc(CNC(=O)CCn2ncc3c(Cl)cccc32)cc1. The fraction of sp³-hybridized carbons (Fsp3) is 0.222. The average Bonchev–Trinajstić information content (AvgIpc) is 2.97. The van der Waals surface area contributed by atoms with Crippen LogP contribution in [-0.2, 0) is 17.9 Å². The van der Waals surface area contributed by atoms with Crippen LogP contribution in [0, 0.1) is 6.92 Å². The van der Waals surface area contributed by atoms with Gasteiger partial charge in [0.15, 0.2) is 0 Å². The zero-order valence-electron chi connectivity index (χ0n) is 12.9. The standard InChI is InChI=1S/C18H18ClN3O/c1-13-5-7-14(8-6-13)11-20-18(23)9-10-22-17-4-2-3-16(19)15(17)12-21-22/h2-8,12H,9-11H2,1H3,(H,20,23). The largest absolute Gasteiger partial charge is 0.352 e. The molecule has 0 saturated carbocycles. The minimum absolute atomic E-state index is 0.0104. The minimum Gasteiger partial charge on any atom is -0.352 e. The number of nitrogens with one attached hydrogen (secondary N) is 1. The van der Waals surface area contributed by atoms with Gasteiger partial charge in [-0.1, -0.05) is 47.5 Å². The number of fused-ring (bicyclic) bond motifs is 1. The van der Waals surface area contributed by atoms with Crippen molar-refractivity contribution in [2.75, 3.05) is 0 Å². The van der Waals surface area contributed by atoms with E-state index in [9.17, 15) is 4.79 Å². The maximum Gasteiger partial charge on any atom is 0.222 e. The lowest BCUT2D eigenvalue weighted by molar-refractivity contribution is -0.121. The molecule has 1 amide bonds. The molecule has 4 nitrogen and oxygen atoms in total. The molecule has 1 N–H and O–H groups in total. The molecule has 118 valence electrons. The van der Waals surface area contributed by atoms with Crippen molar-refractivity contribution in [1.29, 1.82) is 0 Å². The first kappa shape index (κ1) is 15.6. The third-order valence-electron chi connectivity index (χ3n) is 3.80. The summed E-state index contributed by atoms with van der Waals surface area (Å²) in [6, 6.07) is 13.8. The van der Waals surface area contributed by atoms with E-state index in [1.165, 1.54) is 5.56 Å². The fourth-order valence-corrected chi connectivity index (χ4v) is 2.67. The molecule has 0 unspecified atom stereocenters. The maximum atomic E-state index is 12.0. The lowest BCUT2D eigenvalue weighted by atomic mass is 10.1. The van der Waals surface area contributed by atoms with Crippen molar-refractivity contribution in [3.8, 4) is 0 Å². The van der Waals surface area contributed by atoms with Crippen LogP contribution in [0.25, 0.3) is 10.9 Å². The summed E-state index contributed by atoms with van der Waals surface area (Å²) in [6.45, 7) is 3.12. The number of amides is 1. The van der Waals surface area contributed by atoms with Crippen LogP contribution >= 0.6 is 11.6 Å². The molecule has 0 radical (unpaired) electrons. The summed E-state index contributed by atoms with van der Waals surface area (Å²) >= 11 is 6.13. The van der Waals surface area contributed by atoms with E-state index in [1.54, 1.807) is 6.20 Å². The molecular weight excluding hydrogens is 310 g/mol. The summed E-state index contributed by atoms with van der Waals surface area (Å²) in [6.07, 6.45) is 2.12. The van der Waals surface area contributed by atoms with E-state index >= 15 is 0 Å². The third kappa shape index (κ3) is 3.71. The second kappa shape index (κ2) is 6.84.